The number of urea groups is 5. The molecule has 5 unspecified atom stereocenters. The molecule has 5 fully saturated rings. The molecule has 0 radical (unpaired) electrons. The number of carbonyl (C=O) groups excluding carboxylic acids is 8. The quantitative estimate of drug-likeness (QED) is 0.0178. The number of ether oxygens (including phenoxy) is 2. The van der Waals surface area contributed by atoms with Crippen LogP contribution in [0.5, 0.6) is 0 Å². The van der Waals surface area contributed by atoms with Gasteiger partial charge in [-0.3, -0.25) is 29.7 Å². The Balaban J connectivity index is 0.000000185. The molecule has 5 atom stereocenters. The fourth-order valence-corrected chi connectivity index (χ4v) is 12.2. The molecule has 5 aromatic rings. The van der Waals surface area contributed by atoms with E-state index in [1.807, 2.05) is 58.7 Å². The molecule has 10 aliphatic heterocycles. The topological polar surface area (TPSA) is 408 Å². The molecule has 0 aliphatic carbocycles. The number of nitrogens with one attached hydrogen (secondary N) is 1. The summed E-state index contributed by atoms with van der Waals surface area (Å²) in [4.78, 5) is 125. The molecule has 113 heavy (non-hydrogen) atoms. The van der Waals surface area contributed by atoms with E-state index in [0.717, 1.165) is 23.0 Å². The van der Waals surface area contributed by atoms with E-state index >= 15 is 0 Å². The molecule has 3 N–H and O–H groups in total. The largest absolute Gasteiger partial charge is 1.00 e. The molecular formula is C65H76BrF6ILiN21O18. The van der Waals surface area contributed by atoms with Crippen LogP contribution in [0, 0.1) is 0 Å². The number of hydroxylamine groups is 10. The molecule has 48 heteroatoms. The van der Waals surface area contributed by atoms with Crippen LogP contribution in [0.4, 0.5) is 50.3 Å². The molecule has 606 valence electrons. The van der Waals surface area contributed by atoms with Crippen LogP contribution in [-0.2, 0) is 48.0 Å². The number of aliphatic carboxylic acids is 2. The summed E-state index contributed by atoms with van der Waals surface area (Å²) in [7, 11) is 3.43. The number of esters is 2. The van der Waals surface area contributed by atoms with Gasteiger partial charge in [0.25, 0.3) is 0 Å². The van der Waals surface area contributed by atoms with Crippen molar-refractivity contribution in [1.29, 1.82) is 0 Å². The van der Waals surface area contributed by atoms with Crippen molar-refractivity contribution in [3.05, 3.63) is 152 Å². The Morgan fingerprint density at radius 3 is 1.22 bits per heavy atom. The van der Waals surface area contributed by atoms with Crippen LogP contribution in [0.2, 0.25) is 0 Å². The number of alkyl halides is 7. The zero-order chi connectivity index (χ0) is 81.8. The minimum Gasteiger partial charge on any atom is -0.542 e. The fourth-order valence-electron chi connectivity index (χ4n) is 11.3. The van der Waals surface area contributed by atoms with E-state index in [1.54, 1.807) is 121 Å². The van der Waals surface area contributed by atoms with Gasteiger partial charge in [0.2, 0.25) is 0 Å². The Hall–Kier alpha value is -10.4. The molecule has 0 saturated carbocycles. The number of hydrogen-bond acceptors (Lipinski definition) is 23. The van der Waals surface area contributed by atoms with Crippen molar-refractivity contribution in [2.75, 3.05) is 113 Å². The van der Waals surface area contributed by atoms with Gasteiger partial charge < -0.3 is 49.0 Å². The van der Waals surface area contributed by atoms with Crippen molar-refractivity contribution in [1.82, 2.24) is 104 Å². The molecule has 10 bridgehead atoms. The maximum atomic E-state index is 13.7. The fraction of sp³-hybridized carbons (Fsp3) is 0.415. The van der Waals surface area contributed by atoms with Crippen molar-refractivity contribution in [3.63, 3.8) is 0 Å². The molecule has 15 rings (SSSR count). The molecule has 0 spiro atoms. The zero-order valence-corrected chi connectivity index (χ0v) is 64.7. The summed E-state index contributed by atoms with van der Waals surface area (Å²) in [6, 6.07) is 5.07. The number of H-pyrrole nitrogens is 1. The molecule has 15 heterocycles. The van der Waals surface area contributed by atoms with Crippen LogP contribution in [0.25, 0.3) is 22.8 Å². The van der Waals surface area contributed by atoms with Crippen molar-refractivity contribution < 1.29 is 133 Å². The van der Waals surface area contributed by atoms with Gasteiger partial charge in [0, 0.05) is 114 Å². The summed E-state index contributed by atoms with van der Waals surface area (Å²) in [6.07, 6.45) is 20.5. The Kier molecular flexibility index (Phi) is 32.5. The first-order valence-corrected chi connectivity index (χ1v) is 35.4. The number of aromatic amines is 1. The summed E-state index contributed by atoms with van der Waals surface area (Å²) in [5.41, 5.74) is 3.17. The number of hydrogen-bond donors (Lipinski definition) is 3. The maximum Gasteiger partial charge on any atom is 1.00 e. The summed E-state index contributed by atoms with van der Waals surface area (Å²) < 4.78 is 93.0. The molecule has 10 amide bonds. The Labute approximate surface area is 673 Å². The summed E-state index contributed by atoms with van der Waals surface area (Å²) in [6.45, 7) is 15.0. The van der Waals surface area contributed by atoms with Crippen LogP contribution in [0.15, 0.2) is 152 Å². The summed E-state index contributed by atoms with van der Waals surface area (Å²) in [5.74, 6) is -6.88. The number of aromatic nitrogens is 10. The van der Waals surface area contributed by atoms with Gasteiger partial charge in [-0.05, 0) is 111 Å². The van der Waals surface area contributed by atoms with Crippen molar-refractivity contribution in [2.45, 2.75) is 61.1 Å². The number of nitrogens with zero attached hydrogens (tertiary/aromatic N) is 20. The maximum absolute atomic E-state index is 13.7. The van der Waals surface area contributed by atoms with E-state index in [4.69, 9.17) is 14.8 Å². The average molecular weight is 1770 g/mol. The van der Waals surface area contributed by atoms with E-state index < -0.39 is 65.1 Å². The van der Waals surface area contributed by atoms with Crippen molar-refractivity contribution in [2.24, 2.45) is 0 Å². The molecule has 5 aromatic heterocycles. The van der Waals surface area contributed by atoms with Crippen LogP contribution < -0.4 is 24.0 Å². The Bertz CT molecular complexity index is 4220. The normalized spacial score (nSPS) is 20.1. The van der Waals surface area contributed by atoms with Crippen LogP contribution >= 0.6 is 38.5 Å². The number of carboxylic acids is 2. The summed E-state index contributed by atoms with van der Waals surface area (Å²) >= 11 is 4.09. The van der Waals surface area contributed by atoms with Gasteiger partial charge in [0.15, 0.2) is 0 Å². The standard InChI is InChI=1S/C13H14F2N4O4.C12H14N4O2.C11H10F2N4O4.C9H11IN2O2.C9H10N4O2.C4H5BrF2O2.C4H9NO2.C3H4N2.Li/c1-2-22-11(20)13(14,15)23-19-10-6-9(18-5-3-4-16-18)7-17(8-10)12(19)21;1-2-6-18-16-11-7-10(15-5-3-4-13-15)8-14(9-11)12(16)17;12-11(13,9(18)19)21-17-8-4-7(16-3-1-2-14-16)5-15(6-8)10(17)20;1-2-3-14-12-8-4-7(10)5-11(6-8)9(12)13;14-9-11-5-7(12-3-1-2-10-12)4-8(6-11)13(9)15;1-2-9-3(8)4(5,6)7;1-5(2)3-4(6)7;1-2-4-5-3-1;/h3-6,10H,2,7-8H2,1H3;2-5,7,11H,1,6,8-9H2;1-4,8H,5-6H2,(H,18,19);2,4,8H,1,3,5-6H2;1-4,8,15H,5-6H2;2H2,1H3;3H2,1-2H3,(H,6,7);1-3H,(H,4,5);/q;;;;;;;;+1/p-1. The van der Waals surface area contributed by atoms with Gasteiger partial charge in [-0.15, -0.1) is 13.2 Å². The van der Waals surface area contributed by atoms with E-state index in [2.05, 4.69) is 91.6 Å². The SMILES string of the molecule is C=CCON1C(=O)N2CC(I)=CC1C2.C=CCON1C(=O)N2CC(n3cccn3)=CC1C2.CCOC(=O)C(F)(F)Br.CCOC(=O)C(F)(F)ON1C(=O)N2CC(n3cccn3)=CC1C2.CN(C)CC(=O)O.O=C1N2CC(n3cccn3)=CC(C2)N1O.O=C1N2CC(n3cccn3)=CC(C2)N1OC(F)(F)C(=O)[O-].[Li+].c1cn[nH]c1. The second-order valence-corrected chi connectivity index (χ2v) is 26.7. The first kappa shape index (κ1) is 89.8. The smallest absolute Gasteiger partial charge is 0.542 e. The van der Waals surface area contributed by atoms with E-state index in [1.165, 1.54) is 54.3 Å². The first-order valence-electron chi connectivity index (χ1n) is 33.5. The average Bonchev–Trinajstić information content (AvgIpc) is 1.59. The molecule has 0 aromatic carbocycles. The Morgan fingerprint density at radius 1 is 0.566 bits per heavy atom. The Morgan fingerprint density at radius 2 is 0.920 bits per heavy atom. The van der Waals surface area contributed by atoms with Gasteiger partial charge in [0.1, 0.15) is 5.97 Å². The minimum absolute atomic E-state index is 0. The zero-order valence-electron chi connectivity index (χ0n) is 61.0. The van der Waals surface area contributed by atoms with E-state index in [9.17, 15) is 79.8 Å². The van der Waals surface area contributed by atoms with E-state index in [0.29, 0.717) is 67.5 Å². The summed E-state index contributed by atoms with van der Waals surface area (Å²) in [5, 5.41) is 54.8. The molecule has 10 aliphatic rings. The van der Waals surface area contributed by atoms with Gasteiger partial charge in [-0.1, -0.05) is 12.2 Å². The van der Waals surface area contributed by atoms with Gasteiger partial charge >= 0.3 is 84.0 Å². The van der Waals surface area contributed by atoms with Gasteiger partial charge in [-0.25, -0.2) is 52.3 Å². The van der Waals surface area contributed by atoms with Gasteiger partial charge in [-0.2, -0.15) is 86.8 Å². The number of carboxylic acid groups (broad SMARTS) is 2. The number of amides is 10. The molecule has 5 saturated heterocycles. The number of rotatable bonds is 21. The third kappa shape index (κ3) is 24.1. The predicted molar refractivity (Wildman–Crippen MR) is 384 cm³/mol. The number of fused-ring (bicyclic) bond motifs is 10. The minimum atomic E-state index is -4.58. The number of likely N-dealkylation sites (N-methyl/N-ethyl adjacent to an activating group) is 1. The van der Waals surface area contributed by atoms with Crippen molar-refractivity contribution in [3.8, 4) is 0 Å². The van der Waals surface area contributed by atoms with E-state index in [-0.39, 0.29) is 101 Å². The van der Waals surface area contributed by atoms with Crippen molar-refractivity contribution >= 4 is 115 Å². The van der Waals surface area contributed by atoms with Crippen LogP contribution in [0.1, 0.15) is 13.8 Å². The monoisotopic (exact) mass is 1770 g/mol. The third-order valence-electron chi connectivity index (χ3n) is 15.9. The van der Waals surface area contributed by atoms with Gasteiger partial charge in [0.05, 0.1) is 119 Å². The molecule has 39 nitrogen and oxygen atoms in total. The second-order valence-electron chi connectivity index (χ2n) is 24.4. The number of halogens is 8. The second kappa shape index (κ2) is 40.9. The molecular weight excluding hydrogens is 1690 g/mol. The predicted octanol–water partition coefficient (Wildman–Crippen LogP) is 1.37. The number of carbonyl (C=O) groups is 9. The van der Waals surface area contributed by atoms with Crippen LogP contribution in [0.3, 0.4) is 0 Å². The van der Waals surface area contributed by atoms with Crippen LogP contribution in [-0.4, -0.2) is 328 Å². The third-order valence-corrected chi connectivity index (χ3v) is 16.9. The first-order chi connectivity index (χ1) is 53.2.